The summed E-state index contributed by atoms with van der Waals surface area (Å²) >= 11 is 0. The summed E-state index contributed by atoms with van der Waals surface area (Å²) in [5, 5.41) is 2.71. The Kier molecular flexibility index (Phi) is 7.55. The molecule has 1 aromatic rings. The lowest BCUT2D eigenvalue weighted by atomic mass is 10.1. The summed E-state index contributed by atoms with van der Waals surface area (Å²) in [4.78, 5) is 23.9. The lowest BCUT2D eigenvalue weighted by Crippen LogP contribution is -2.35. The van der Waals surface area contributed by atoms with Gasteiger partial charge in [-0.3, -0.25) is 4.79 Å². The summed E-state index contributed by atoms with van der Waals surface area (Å²) in [6, 6.07) is 7.53. The maximum absolute atomic E-state index is 11.8. The van der Waals surface area contributed by atoms with Crippen molar-refractivity contribution in [3.8, 4) is 5.75 Å². The minimum absolute atomic E-state index is 0.0654. The number of ether oxygens (including phenoxy) is 2. The molecule has 0 heterocycles. The van der Waals surface area contributed by atoms with Gasteiger partial charge in [-0.2, -0.15) is 0 Å². The lowest BCUT2D eigenvalue weighted by Gasteiger charge is -2.24. The van der Waals surface area contributed by atoms with Crippen LogP contribution in [0, 0.1) is 0 Å². The van der Waals surface area contributed by atoms with Crippen molar-refractivity contribution in [2.24, 2.45) is 0 Å². The van der Waals surface area contributed by atoms with Crippen LogP contribution < -0.4 is 10.1 Å². The van der Waals surface area contributed by atoms with Gasteiger partial charge in [-0.05, 0) is 51.8 Å². The molecule has 2 amide bonds. The first-order valence-corrected chi connectivity index (χ1v) is 8.09. The Balaban J connectivity index is 2.38. The molecule has 6 heteroatoms. The van der Waals surface area contributed by atoms with Crippen molar-refractivity contribution in [1.82, 2.24) is 10.2 Å². The Labute approximate surface area is 144 Å². The van der Waals surface area contributed by atoms with E-state index in [4.69, 9.17) is 9.47 Å². The van der Waals surface area contributed by atoms with Crippen LogP contribution in [0.15, 0.2) is 24.3 Å². The van der Waals surface area contributed by atoms with Crippen LogP contribution >= 0.6 is 0 Å². The molecule has 0 radical (unpaired) electrons. The molecule has 0 spiro atoms. The van der Waals surface area contributed by atoms with E-state index in [1.807, 2.05) is 52.0 Å². The Morgan fingerprint density at radius 1 is 1.38 bits per heavy atom. The molecule has 0 aromatic heterocycles. The smallest absolute Gasteiger partial charge is 0.410 e. The number of amides is 2. The van der Waals surface area contributed by atoms with Crippen LogP contribution in [-0.4, -0.2) is 43.2 Å². The normalized spacial score (nSPS) is 12.2. The van der Waals surface area contributed by atoms with Crippen LogP contribution in [0.2, 0.25) is 0 Å². The highest BCUT2D eigenvalue weighted by Crippen LogP contribution is 2.19. The van der Waals surface area contributed by atoms with E-state index in [0.29, 0.717) is 26.0 Å². The highest BCUT2D eigenvalue weighted by atomic mass is 16.6. The van der Waals surface area contributed by atoms with Crippen molar-refractivity contribution >= 4 is 12.5 Å². The van der Waals surface area contributed by atoms with E-state index >= 15 is 0 Å². The fourth-order valence-corrected chi connectivity index (χ4v) is 1.99. The maximum atomic E-state index is 11.8. The van der Waals surface area contributed by atoms with E-state index in [1.54, 1.807) is 11.9 Å². The number of carbonyl (C=O) groups is 2. The van der Waals surface area contributed by atoms with Gasteiger partial charge < -0.3 is 19.7 Å². The van der Waals surface area contributed by atoms with Gasteiger partial charge in [0.25, 0.3) is 0 Å². The summed E-state index contributed by atoms with van der Waals surface area (Å²) in [7, 11) is 1.71. The van der Waals surface area contributed by atoms with Crippen LogP contribution in [-0.2, 0) is 9.53 Å². The highest BCUT2D eigenvalue weighted by Gasteiger charge is 2.19. The molecule has 0 saturated heterocycles. The van der Waals surface area contributed by atoms with E-state index in [0.717, 1.165) is 11.3 Å². The van der Waals surface area contributed by atoms with E-state index in [1.165, 1.54) is 0 Å². The standard InChI is InChI=1S/C18H28N2O4/c1-14(19-13-21)15-8-6-9-16(12-15)23-11-7-10-20(5)17(22)24-18(2,3)4/h6,8-9,12-14H,7,10-11H2,1-5H3,(H,19,21)/t14-/m1/s1. The second-order valence-electron chi connectivity index (χ2n) is 6.68. The van der Waals surface area contributed by atoms with Crippen LogP contribution in [0.4, 0.5) is 4.79 Å². The van der Waals surface area contributed by atoms with Crippen molar-refractivity contribution in [1.29, 1.82) is 0 Å². The molecule has 0 aliphatic rings. The van der Waals surface area contributed by atoms with Gasteiger partial charge >= 0.3 is 6.09 Å². The van der Waals surface area contributed by atoms with Gasteiger partial charge in [0.1, 0.15) is 11.4 Å². The number of benzene rings is 1. The molecule has 0 fully saturated rings. The zero-order chi connectivity index (χ0) is 18.2. The van der Waals surface area contributed by atoms with Gasteiger partial charge in [0.05, 0.1) is 12.6 Å². The molecular formula is C18H28N2O4. The molecule has 134 valence electrons. The summed E-state index contributed by atoms with van der Waals surface area (Å²) in [6.45, 7) is 8.48. The fourth-order valence-electron chi connectivity index (χ4n) is 1.99. The molecule has 0 bridgehead atoms. The SMILES string of the molecule is C[C@@H](NC=O)c1cccc(OCCCN(C)C(=O)OC(C)(C)C)c1. The van der Waals surface area contributed by atoms with Gasteiger partial charge in [-0.1, -0.05) is 12.1 Å². The third-order valence-electron chi connectivity index (χ3n) is 3.29. The quantitative estimate of drug-likeness (QED) is 0.585. The van der Waals surface area contributed by atoms with Gasteiger partial charge in [0.15, 0.2) is 0 Å². The number of rotatable bonds is 8. The summed E-state index contributed by atoms with van der Waals surface area (Å²) in [5.74, 6) is 0.743. The van der Waals surface area contributed by atoms with Crippen molar-refractivity contribution in [3.63, 3.8) is 0 Å². The Morgan fingerprint density at radius 3 is 2.71 bits per heavy atom. The van der Waals surface area contributed by atoms with Gasteiger partial charge in [-0.15, -0.1) is 0 Å². The first kappa shape index (κ1) is 19.8. The highest BCUT2D eigenvalue weighted by molar-refractivity contribution is 5.67. The predicted molar refractivity (Wildman–Crippen MR) is 93.0 cm³/mol. The van der Waals surface area contributed by atoms with Gasteiger partial charge in [0.2, 0.25) is 6.41 Å². The second kappa shape index (κ2) is 9.15. The number of hydrogen-bond donors (Lipinski definition) is 1. The molecule has 0 aliphatic carbocycles. The molecule has 1 N–H and O–H groups in total. The molecule has 0 aliphatic heterocycles. The molecule has 1 atom stereocenters. The zero-order valence-corrected chi connectivity index (χ0v) is 15.2. The third kappa shape index (κ3) is 7.35. The molecule has 0 saturated carbocycles. The molecule has 1 rings (SSSR count). The van der Waals surface area contributed by atoms with E-state index in [9.17, 15) is 9.59 Å². The average Bonchev–Trinajstić information content (AvgIpc) is 2.50. The molecule has 1 aromatic carbocycles. The lowest BCUT2D eigenvalue weighted by molar-refractivity contribution is -0.110. The van der Waals surface area contributed by atoms with Crippen molar-refractivity contribution in [2.75, 3.05) is 20.2 Å². The zero-order valence-electron chi connectivity index (χ0n) is 15.2. The molecule has 0 unspecified atom stereocenters. The summed E-state index contributed by atoms with van der Waals surface area (Å²) in [6.07, 6.45) is 1.05. The van der Waals surface area contributed by atoms with E-state index < -0.39 is 5.60 Å². The van der Waals surface area contributed by atoms with E-state index in [2.05, 4.69) is 5.32 Å². The van der Waals surface area contributed by atoms with Crippen LogP contribution in [0.25, 0.3) is 0 Å². The summed E-state index contributed by atoms with van der Waals surface area (Å²) in [5.41, 5.74) is 0.486. The van der Waals surface area contributed by atoms with Crippen molar-refractivity contribution in [3.05, 3.63) is 29.8 Å². The van der Waals surface area contributed by atoms with Gasteiger partial charge in [-0.25, -0.2) is 4.79 Å². The van der Waals surface area contributed by atoms with Crippen LogP contribution in [0.3, 0.4) is 0 Å². The van der Waals surface area contributed by atoms with E-state index in [-0.39, 0.29) is 12.1 Å². The fraction of sp³-hybridized carbons (Fsp3) is 0.556. The molecule has 24 heavy (non-hydrogen) atoms. The monoisotopic (exact) mass is 336 g/mol. The molecule has 6 nitrogen and oxygen atoms in total. The number of nitrogens with zero attached hydrogens (tertiary/aromatic N) is 1. The van der Waals surface area contributed by atoms with Crippen LogP contribution in [0.5, 0.6) is 5.75 Å². The van der Waals surface area contributed by atoms with Gasteiger partial charge in [0, 0.05) is 13.6 Å². The average molecular weight is 336 g/mol. The third-order valence-corrected chi connectivity index (χ3v) is 3.29. The minimum Gasteiger partial charge on any atom is -0.494 e. The topological polar surface area (TPSA) is 67.9 Å². The first-order chi connectivity index (χ1) is 11.2. The van der Waals surface area contributed by atoms with Crippen LogP contribution in [0.1, 0.15) is 45.7 Å². The Morgan fingerprint density at radius 2 is 2.08 bits per heavy atom. The largest absolute Gasteiger partial charge is 0.494 e. The number of carbonyl (C=O) groups excluding carboxylic acids is 2. The minimum atomic E-state index is -0.492. The molecular weight excluding hydrogens is 308 g/mol. The maximum Gasteiger partial charge on any atom is 0.410 e. The Bertz CT molecular complexity index is 540. The predicted octanol–water partition coefficient (Wildman–Crippen LogP) is 3.13. The Hall–Kier alpha value is -2.24. The van der Waals surface area contributed by atoms with Crippen molar-refractivity contribution in [2.45, 2.75) is 45.8 Å². The summed E-state index contributed by atoms with van der Waals surface area (Å²) < 4.78 is 11.0. The number of nitrogens with one attached hydrogen (secondary N) is 1. The first-order valence-electron chi connectivity index (χ1n) is 8.09. The second-order valence-corrected chi connectivity index (χ2v) is 6.68. The number of hydrogen-bond acceptors (Lipinski definition) is 4. The van der Waals surface area contributed by atoms with Crippen molar-refractivity contribution < 1.29 is 19.1 Å².